The standard InChI is InChI=1S/C21H32N4O/c1-22-18-7-8-20(22)17-25(12-9-18)21(26)10-11-23-13-15-24(16-14-23)19-5-3-2-4-6-19/h2-6,18,20H,7-17H2,1H3. The first-order valence-electron chi connectivity index (χ1n) is 10.2. The lowest BCUT2D eigenvalue weighted by Gasteiger charge is -2.36. The minimum absolute atomic E-state index is 0.358. The number of para-hydroxylation sites is 1. The number of benzene rings is 1. The molecule has 0 spiro atoms. The van der Waals surface area contributed by atoms with Gasteiger partial charge in [0.05, 0.1) is 0 Å². The van der Waals surface area contributed by atoms with Gasteiger partial charge in [-0.05, 0) is 38.4 Å². The number of hydrogen-bond donors (Lipinski definition) is 0. The van der Waals surface area contributed by atoms with Crippen LogP contribution in [-0.2, 0) is 4.79 Å². The van der Waals surface area contributed by atoms with Crippen LogP contribution in [0.2, 0.25) is 0 Å². The third kappa shape index (κ3) is 3.89. The third-order valence-electron chi connectivity index (χ3n) is 6.64. The topological polar surface area (TPSA) is 30.0 Å². The summed E-state index contributed by atoms with van der Waals surface area (Å²) in [6.45, 7) is 7.00. The maximum absolute atomic E-state index is 12.7. The second kappa shape index (κ2) is 7.97. The van der Waals surface area contributed by atoms with E-state index in [1.807, 2.05) is 0 Å². The van der Waals surface area contributed by atoms with Crippen LogP contribution in [0.4, 0.5) is 5.69 Å². The van der Waals surface area contributed by atoms with E-state index in [9.17, 15) is 4.79 Å². The average molecular weight is 357 g/mol. The van der Waals surface area contributed by atoms with Gasteiger partial charge in [0.2, 0.25) is 5.91 Å². The van der Waals surface area contributed by atoms with E-state index in [2.05, 4.69) is 57.0 Å². The summed E-state index contributed by atoms with van der Waals surface area (Å²) < 4.78 is 0. The summed E-state index contributed by atoms with van der Waals surface area (Å²) in [6, 6.07) is 11.9. The summed E-state index contributed by atoms with van der Waals surface area (Å²) in [5, 5.41) is 0. The molecule has 2 atom stereocenters. The highest BCUT2D eigenvalue weighted by Crippen LogP contribution is 2.28. The van der Waals surface area contributed by atoms with Crippen molar-refractivity contribution < 1.29 is 4.79 Å². The third-order valence-corrected chi connectivity index (χ3v) is 6.64. The van der Waals surface area contributed by atoms with Crippen molar-refractivity contribution in [3.8, 4) is 0 Å². The van der Waals surface area contributed by atoms with Crippen molar-refractivity contribution in [2.24, 2.45) is 0 Å². The average Bonchev–Trinajstić information content (AvgIpc) is 2.93. The van der Waals surface area contributed by atoms with Gasteiger partial charge in [-0.15, -0.1) is 0 Å². The van der Waals surface area contributed by atoms with E-state index in [4.69, 9.17) is 0 Å². The fraction of sp³-hybridized carbons (Fsp3) is 0.667. The Balaban J connectivity index is 1.22. The quantitative estimate of drug-likeness (QED) is 0.824. The normalized spacial score (nSPS) is 27.6. The molecule has 0 saturated carbocycles. The predicted octanol–water partition coefficient (Wildman–Crippen LogP) is 1.89. The molecule has 0 aromatic heterocycles. The monoisotopic (exact) mass is 356 g/mol. The zero-order chi connectivity index (χ0) is 17.9. The van der Waals surface area contributed by atoms with Gasteiger partial charge in [-0.1, -0.05) is 18.2 Å². The number of likely N-dealkylation sites (N-methyl/N-ethyl adjacent to an activating group) is 1. The van der Waals surface area contributed by atoms with Gasteiger partial charge >= 0.3 is 0 Å². The number of likely N-dealkylation sites (tertiary alicyclic amines) is 1. The fourth-order valence-electron chi connectivity index (χ4n) is 4.82. The van der Waals surface area contributed by atoms with Gasteiger partial charge in [0, 0.05) is 70.0 Å². The molecule has 26 heavy (non-hydrogen) atoms. The van der Waals surface area contributed by atoms with Gasteiger partial charge in [-0.3, -0.25) is 14.6 Å². The van der Waals surface area contributed by atoms with Crippen LogP contribution in [0, 0.1) is 0 Å². The molecule has 5 nitrogen and oxygen atoms in total. The van der Waals surface area contributed by atoms with Gasteiger partial charge in [0.25, 0.3) is 0 Å². The van der Waals surface area contributed by atoms with Crippen molar-refractivity contribution in [3.63, 3.8) is 0 Å². The second-order valence-electron chi connectivity index (χ2n) is 8.09. The molecule has 3 fully saturated rings. The first-order valence-corrected chi connectivity index (χ1v) is 10.2. The summed E-state index contributed by atoms with van der Waals surface area (Å²) in [5.74, 6) is 0.358. The number of fused-ring (bicyclic) bond motifs is 2. The Bertz CT molecular complexity index is 599. The molecule has 3 aliphatic heterocycles. The van der Waals surface area contributed by atoms with Crippen LogP contribution in [0.15, 0.2) is 30.3 Å². The Morgan fingerprint density at radius 2 is 1.69 bits per heavy atom. The molecule has 3 heterocycles. The van der Waals surface area contributed by atoms with Gasteiger partial charge in [-0.2, -0.15) is 0 Å². The van der Waals surface area contributed by atoms with Crippen LogP contribution in [0.5, 0.6) is 0 Å². The Kier molecular flexibility index (Phi) is 5.46. The van der Waals surface area contributed by atoms with Gasteiger partial charge < -0.3 is 9.80 Å². The maximum Gasteiger partial charge on any atom is 0.223 e. The first-order chi connectivity index (χ1) is 12.7. The molecule has 4 rings (SSSR count). The molecule has 3 aliphatic rings. The van der Waals surface area contributed by atoms with Crippen LogP contribution in [0.25, 0.3) is 0 Å². The van der Waals surface area contributed by atoms with Crippen molar-refractivity contribution in [1.82, 2.24) is 14.7 Å². The lowest BCUT2D eigenvalue weighted by atomic mass is 10.1. The van der Waals surface area contributed by atoms with Gasteiger partial charge in [0.1, 0.15) is 0 Å². The van der Waals surface area contributed by atoms with Crippen LogP contribution in [0.1, 0.15) is 25.7 Å². The Labute approximate surface area is 157 Å². The lowest BCUT2D eigenvalue weighted by molar-refractivity contribution is -0.131. The van der Waals surface area contributed by atoms with Crippen molar-refractivity contribution in [1.29, 1.82) is 0 Å². The number of amides is 1. The zero-order valence-corrected chi connectivity index (χ0v) is 16.0. The number of rotatable bonds is 4. The molecule has 0 aliphatic carbocycles. The molecule has 2 bridgehead atoms. The maximum atomic E-state index is 12.7. The van der Waals surface area contributed by atoms with E-state index in [0.717, 1.165) is 52.2 Å². The lowest BCUT2D eigenvalue weighted by Crippen LogP contribution is -2.47. The SMILES string of the molecule is CN1C2CCC1CN(C(=O)CCN1CCN(c3ccccc3)CC1)CC2. The summed E-state index contributed by atoms with van der Waals surface area (Å²) >= 11 is 0. The van der Waals surface area contributed by atoms with Crippen molar-refractivity contribution in [3.05, 3.63) is 30.3 Å². The summed E-state index contributed by atoms with van der Waals surface area (Å²) in [4.78, 5) is 22.3. The Hall–Kier alpha value is -1.59. The molecule has 1 amide bonds. The molecule has 142 valence electrons. The van der Waals surface area contributed by atoms with Gasteiger partial charge in [0.15, 0.2) is 0 Å². The van der Waals surface area contributed by atoms with E-state index >= 15 is 0 Å². The van der Waals surface area contributed by atoms with Crippen molar-refractivity contribution >= 4 is 11.6 Å². The van der Waals surface area contributed by atoms with Crippen LogP contribution < -0.4 is 4.90 Å². The number of piperazine rings is 1. The summed E-state index contributed by atoms with van der Waals surface area (Å²) in [7, 11) is 2.24. The van der Waals surface area contributed by atoms with E-state index < -0.39 is 0 Å². The Morgan fingerprint density at radius 3 is 2.46 bits per heavy atom. The number of carbonyl (C=O) groups excluding carboxylic acids is 1. The minimum Gasteiger partial charge on any atom is -0.369 e. The molecule has 0 radical (unpaired) electrons. The minimum atomic E-state index is 0.358. The summed E-state index contributed by atoms with van der Waals surface area (Å²) in [5.41, 5.74) is 1.31. The first kappa shape index (κ1) is 17.8. The fourth-order valence-corrected chi connectivity index (χ4v) is 4.82. The number of nitrogens with zero attached hydrogens (tertiary/aromatic N) is 4. The highest BCUT2D eigenvalue weighted by molar-refractivity contribution is 5.76. The van der Waals surface area contributed by atoms with Crippen molar-refractivity contribution in [2.45, 2.75) is 37.8 Å². The second-order valence-corrected chi connectivity index (χ2v) is 8.09. The smallest absolute Gasteiger partial charge is 0.223 e. The summed E-state index contributed by atoms with van der Waals surface area (Å²) in [6.07, 6.45) is 4.39. The van der Waals surface area contributed by atoms with Crippen LogP contribution >= 0.6 is 0 Å². The van der Waals surface area contributed by atoms with E-state index in [0.29, 0.717) is 24.4 Å². The van der Waals surface area contributed by atoms with E-state index in [-0.39, 0.29) is 0 Å². The van der Waals surface area contributed by atoms with Crippen LogP contribution in [0.3, 0.4) is 0 Å². The molecule has 5 heteroatoms. The molecule has 1 aromatic carbocycles. The molecule has 3 saturated heterocycles. The highest BCUT2D eigenvalue weighted by Gasteiger charge is 2.35. The van der Waals surface area contributed by atoms with Crippen molar-refractivity contribution in [2.75, 3.05) is 57.8 Å². The Morgan fingerprint density at radius 1 is 0.962 bits per heavy atom. The van der Waals surface area contributed by atoms with Gasteiger partial charge in [-0.25, -0.2) is 0 Å². The molecular formula is C21H32N4O. The molecule has 2 unspecified atom stereocenters. The molecule has 1 aromatic rings. The van der Waals surface area contributed by atoms with Crippen LogP contribution in [-0.4, -0.2) is 85.6 Å². The highest BCUT2D eigenvalue weighted by atomic mass is 16.2. The molecule has 0 N–H and O–H groups in total. The van der Waals surface area contributed by atoms with E-state index in [1.165, 1.54) is 18.5 Å². The number of hydrogen-bond acceptors (Lipinski definition) is 4. The largest absolute Gasteiger partial charge is 0.369 e. The predicted molar refractivity (Wildman–Crippen MR) is 105 cm³/mol. The number of carbonyl (C=O) groups is 1. The van der Waals surface area contributed by atoms with E-state index in [1.54, 1.807) is 0 Å². The number of anilines is 1. The zero-order valence-electron chi connectivity index (χ0n) is 16.0. The molecular weight excluding hydrogens is 324 g/mol.